The highest BCUT2D eigenvalue weighted by atomic mass is 16.7. The molecule has 0 aromatic carbocycles. The maximum atomic E-state index is 5.91. The Morgan fingerprint density at radius 2 is 0.700 bits per heavy atom. The predicted molar refractivity (Wildman–Crippen MR) is 81.3 cm³/mol. The highest BCUT2D eigenvalue weighted by molar-refractivity contribution is 6.58. The van der Waals surface area contributed by atoms with Gasteiger partial charge in [-0.2, -0.15) is 0 Å². The maximum absolute atomic E-state index is 5.91. The third-order valence-corrected chi connectivity index (χ3v) is 4.97. The van der Waals surface area contributed by atoms with Gasteiger partial charge in [-0.15, -0.1) is 0 Å². The summed E-state index contributed by atoms with van der Waals surface area (Å²) >= 11 is 0. The zero-order valence-electron chi connectivity index (χ0n) is 13.9. The van der Waals surface area contributed by atoms with Crippen molar-refractivity contribution in [3.8, 4) is 0 Å². The standard InChI is InChI=1S/C14H26B2O4/c1-11(2)12(3,4)18-15(17-11)9-10-16-19-13(5,6)14(7,8)20-16/h9-10H,1-8H3. The first-order valence-corrected chi connectivity index (χ1v) is 7.26. The summed E-state index contributed by atoms with van der Waals surface area (Å²) in [6.45, 7) is 16.3. The summed E-state index contributed by atoms with van der Waals surface area (Å²) < 4.78 is 23.6. The minimum atomic E-state index is -0.362. The van der Waals surface area contributed by atoms with E-state index in [1.165, 1.54) is 0 Å². The lowest BCUT2D eigenvalue weighted by Gasteiger charge is -2.32. The van der Waals surface area contributed by atoms with Crippen molar-refractivity contribution in [1.82, 2.24) is 0 Å². The molecule has 0 aliphatic carbocycles. The molecular formula is C14H26B2O4. The normalized spacial score (nSPS) is 30.4. The van der Waals surface area contributed by atoms with Gasteiger partial charge in [0.2, 0.25) is 0 Å². The molecule has 0 bridgehead atoms. The molecule has 0 radical (unpaired) electrons. The van der Waals surface area contributed by atoms with Crippen molar-refractivity contribution in [3.63, 3.8) is 0 Å². The lowest BCUT2D eigenvalue weighted by molar-refractivity contribution is 0.00578. The van der Waals surface area contributed by atoms with Crippen molar-refractivity contribution in [2.24, 2.45) is 0 Å². The topological polar surface area (TPSA) is 36.9 Å². The van der Waals surface area contributed by atoms with Gasteiger partial charge in [0.05, 0.1) is 22.4 Å². The first-order chi connectivity index (χ1) is 8.86. The van der Waals surface area contributed by atoms with E-state index in [1.54, 1.807) is 0 Å². The fourth-order valence-corrected chi connectivity index (χ4v) is 2.12. The average molecular weight is 280 g/mol. The van der Waals surface area contributed by atoms with E-state index in [0.29, 0.717) is 0 Å². The Morgan fingerprint density at radius 1 is 0.500 bits per heavy atom. The van der Waals surface area contributed by atoms with Crippen molar-refractivity contribution in [2.45, 2.75) is 77.8 Å². The number of rotatable bonds is 2. The Hall–Kier alpha value is -0.290. The molecule has 0 spiro atoms. The van der Waals surface area contributed by atoms with Gasteiger partial charge in [0, 0.05) is 0 Å². The van der Waals surface area contributed by atoms with Crippen molar-refractivity contribution in [1.29, 1.82) is 0 Å². The molecule has 2 fully saturated rings. The molecule has 2 aliphatic rings. The summed E-state index contributed by atoms with van der Waals surface area (Å²) in [7, 11) is -0.724. The highest BCUT2D eigenvalue weighted by Crippen LogP contribution is 2.38. The molecule has 0 amide bonds. The van der Waals surface area contributed by atoms with Gasteiger partial charge >= 0.3 is 14.2 Å². The molecule has 6 heteroatoms. The second-order valence-electron chi connectivity index (χ2n) is 7.63. The van der Waals surface area contributed by atoms with Crippen molar-refractivity contribution in [3.05, 3.63) is 12.0 Å². The van der Waals surface area contributed by atoms with E-state index in [1.807, 2.05) is 67.3 Å². The van der Waals surface area contributed by atoms with Gasteiger partial charge in [-0.25, -0.2) is 0 Å². The zero-order valence-corrected chi connectivity index (χ0v) is 13.9. The van der Waals surface area contributed by atoms with Gasteiger partial charge in [0.1, 0.15) is 0 Å². The second kappa shape index (κ2) is 4.60. The molecule has 2 saturated heterocycles. The van der Waals surface area contributed by atoms with Crippen molar-refractivity contribution in [2.75, 3.05) is 0 Å². The Balaban J connectivity index is 2.00. The van der Waals surface area contributed by atoms with Crippen LogP contribution < -0.4 is 0 Å². The minimum Gasteiger partial charge on any atom is -0.400 e. The smallest absolute Gasteiger partial charge is 0.400 e. The van der Waals surface area contributed by atoms with Crippen molar-refractivity contribution < 1.29 is 18.6 Å². The molecule has 112 valence electrons. The quantitative estimate of drug-likeness (QED) is 0.729. The number of hydrogen-bond donors (Lipinski definition) is 0. The maximum Gasteiger partial charge on any atom is 0.486 e. The van der Waals surface area contributed by atoms with E-state index in [2.05, 4.69) is 0 Å². The van der Waals surface area contributed by atoms with Crippen LogP contribution in [0.2, 0.25) is 0 Å². The SMILES string of the molecule is CC1(C)OB(C=CB2OC(C)(C)C(C)(C)O2)OC1(C)C. The fraction of sp³-hybridized carbons (Fsp3) is 0.857. The van der Waals surface area contributed by atoms with E-state index in [4.69, 9.17) is 18.6 Å². The molecule has 2 rings (SSSR count). The molecule has 0 saturated carbocycles. The third kappa shape index (κ3) is 2.71. The van der Waals surface area contributed by atoms with Crippen LogP contribution in [0.4, 0.5) is 0 Å². The van der Waals surface area contributed by atoms with Crippen LogP contribution in [-0.2, 0) is 18.6 Å². The number of hydrogen-bond acceptors (Lipinski definition) is 4. The van der Waals surface area contributed by atoms with Gasteiger partial charge in [-0.1, -0.05) is 12.0 Å². The molecule has 20 heavy (non-hydrogen) atoms. The van der Waals surface area contributed by atoms with Gasteiger partial charge in [-0.3, -0.25) is 0 Å². The lowest BCUT2D eigenvalue weighted by Crippen LogP contribution is -2.41. The Bertz CT molecular complexity index is 345. The van der Waals surface area contributed by atoms with Gasteiger partial charge in [0.25, 0.3) is 0 Å². The summed E-state index contributed by atoms with van der Waals surface area (Å²) in [6.07, 6.45) is 0. The van der Waals surface area contributed by atoms with Crippen LogP contribution in [0.15, 0.2) is 12.0 Å². The van der Waals surface area contributed by atoms with Gasteiger partial charge < -0.3 is 18.6 Å². The summed E-state index contributed by atoms with van der Waals surface area (Å²) in [5, 5.41) is 0. The predicted octanol–water partition coefficient (Wildman–Crippen LogP) is 2.81. The van der Waals surface area contributed by atoms with Crippen LogP contribution in [0, 0.1) is 0 Å². The first kappa shape index (κ1) is 16.1. The van der Waals surface area contributed by atoms with Crippen LogP contribution in [0.5, 0.6) is 0 Å². The van der Waals surface area contributed by atoms with Gasteiger partial charge in [0.15, 0.2) is 0 Å². The van der Waals surface area contributed by atoms with E-state index in [-0.39, 0.29) is 36.6 Å². The fourth-order valence-electron chi connectivity index (χ4n) is 2.12. The van der Waals surface area contributed by atoms with Crippen LogP contribution >= 0.6 is 0 Å². The third-order valence-electron chi connectivity index (χ3n) is 4.97. The monoisotopic (exact) mass is 280 g/mol. The second-order valence-corrected chi connectivity index (χ2v) is 7.63. The Labute approximate surface area is 123 Å². The summed E-state index contributed by atoms with van der Waals surface area (Å²) in [4.78, 5) is 0. The minimum absolute atomic E-state index is 0.321. The van der Waals surface area contributed by atoms with Gasteiger partial charge in [-0.05, 0) is 55.4 Å². The molecule has 2 heterocycles. The van der Waals surface area contributed by atoms with Crippen molar-refractivity contribution >= 4 is 14.2 Å². The molecular weight excluding hydrogens is 254 g/mol. The molecule has 2 aliphatic heterocycles. The lowest BCUT2D eigenvalue weighted by atomic mass is 9.80. The Morgan fingerprint density at radius 3 is 0.900 bits per heavy atom. The van der Waals surface area contributed by atoms with E-state index >= 15 is 0 Å². The summed E-state index contributed by atoms with van der Waals surface area (Å²) in [5.74, 6) is 3.75. The Kier molecular flexibility index (Phi) is 3.70. The highest BCUT2D eigenvalue weighted by Gasteiger charge is 2.52. The molecule has 0 aromatic heterocycles. The molecule has 0 atom stereocenters. The first-order valence-electron chi connectivity index (χ1n) is 7.26. The average Bonchev–Trinajstić information content (AvgIpc) is 2.55. The molecule has 0 aromatic rings. The summed E-state index contributed by atoms with van der Waals surface area (Å²) in [6, 6.07) is 0. The summed E-state index contributed by atoms with van der Waals surface area (Å²) in [5.41, 5.74) is -1.29. The molecule has 0 unspecified atom stereocenters. The van der Waals surface area contributed by atoms with Crippen LogP contribution in [0.1, 0.15) is 55.4 Å². The van der Waals surface area contributed by atoms with Crippen LogP contribution in [0.25, 0.3) is 0 Å². The largest absolute Gasteiger partial charge is 0.486 e. The van der Waals surface area contributed by atoms with E-state index in [0.717, 1.165) is 0 Å². The zero-order chi connectivity index (χ0) is 15.4. The molecule has 0 N–H and O–H groups in total. The van der Waals surface area contributed by atoms with Crippen LogP contribution in [-0.4, -0.2) is 36.6 Å². The van der Waals surface area contributed by atoms with E-state index < -0.39 is 0 Å². The molecule has 4 nitrogen and oxygen atoms in total. The van der Waals surface area contributed by atoms with E-state index in [9.17, 15) is 0 Å². The van der Waals surface area contributed by atoms with Crippen LogP contribution in [0.3, 0.4) is 0 Å².